The van der Waals surface area contributed by atoms with Crippen LogP contribution >= 0.6 is 0 Å². The summed E-state index contributed by atoms with van der Waals surface area (Å²) in [5, 5.41) is 10.6. The van der Waals surface area contributed by atoms with Crippen molar-refractivity contribution in [2.75, 3.05) is 7.11 Å². The number of methoxy groups -OCH3 is 1. The number of rotatable bonds is 6. The highest BCUT2D eigenvalue weighted by atomic mass is 16.5. The van der Waals surface area contributed by atoms with E-state index in [2.05, 4.69) is 4.98 Å². The summed E-state index contributed by atoms with van der Waals surface area (Å²) in [4.78, 5) is 31.4. The molecule has 7 heteroatoms. The molecule has 0 spiro atoms. The minimum Gasteiger partial charge on any atom is -0.503 e. The molecule has 1 amide bonds. The van der Waals surface area contributed by atoms with Crippen molar-refractivity contribution < 1.29 is 23.8 Å². The number of ether oxygens (including phenoxy) is 1. The zero-order valence-corrected chi connectivity index (χ0v) is 15.6. The molecule has 0 saturated heterocycles. The van der Waals surface area contributed by atoms with Gasteiger partial charge in [0.05, 0.1) is 25.0 Å². The number of carbonyl (C=O) groups excluding carboxylic acids is 2. The fraction of sp³-hybridized carbons (Fsp3) is 0.136. The molecule has 2 aromatic heterocycles. The van der Waals surface area contributed by atoms with Crippen LogP contribution < -0.4 is 4.74 Å². The van der Waals surface area contributed by atoms with Gasteiger partial charge in [-0.25, -0.2) is 0 Å². The monoisotopic (exact) mass is 390 g/mol. The van der Waals surface area contributed by atoms with Gasteiger partial charge in [-0.05, 0) is 47.5 Å². The minimum absolute atomic E-state index is 0.00957. The third-order valence-corrected chi connectivity index (χ3v) is 4.83. The molecule has 4 rings (SSSR count). The summed E-state index contributed by atoms with van der Waals surface area (Å²) in [6.07, 6.45) is 4.53. The number of aliphatic hydroxyl groups is 1. The van der Waals surface area contributed by atoms with Crippen molar-refractivity contribution >= 4 is 11.7 Å². The molecular weight excluding hydrogens is 372 g/mol. The van der Waals surface area contributed by atoms with E-state index in [1.54, 1.807) is 49.8 Å². The zero-order valence-electron chi connectivity index (χ0n) is 15.6. The highest BCUT2D eigenvalue weighted by Crippen LogP contribution is 2.39. The number of hydrogen-bond donors (Lipinski definition) is 1. The Balaban J connectivity index is 1.74. The second-order valence-electron chi connectivity index (χ2n) is 6.53. The third-order valence-electron chi connectivity index (χ3n) is 4.83. The predicted molar refractivity (Wildman–Crippen MR) is 103 cm³/mol. The molecule has 1 aromatic carbocycles. The van der Waals surface area contributed by atoms with Crippen molar-refractivity contribution in [2.45, 2.75) is 12.6 Å². The molecule has 29 heavy (non-hydrogen) atoms. The van der Waals surface area contributed by atoms with E-state index in [1.165, 1.54) is 17.2 Å². The fourth-order valence-corrected chi connectivity index (χ4v) is 3.41. The van der Waals surface area contributed by atoms with Crippen LogP contribution in [-0.2, 0) is 11.3 Å². The number of aromatic nitrogens is 1. The molecule has 0 fully saturated rings. The number of amides is 1. The SMILES string of the molecule is COc1ccc(CN2C(=O)C(O)=C(C(=O)c3ccco3)C2c2ccncc2)cc1. The quantitative estimate of drug-likeness (QED) is 0.648. The first kappa shape index (κ1) is 18.5. The number of benzene rings is 1. The normalized spacial score (nSPS) is 16.4. The van der Waals surface area contributed by atoms with Gasteiger partial charge < -0.3 is 19.2 Å². The molecule has 1 aliphatic rings. The van der Waals surface area contributed by atoms with Gasteiger partial charge in [0.2, 0.25) is 5.78 Å². The second kappa shape index (κ2) is 7.63. The standard InChI is InChI=1S/C22H18N2O5/c1-28-16-6-4-14(5-7-16)13-24-19(15-8-10-23-11-9-15)18(21(26)22(24)27)20(25)17-3-2-12-29-17/h2-12,19,26H,13H2,1H3. The van der Waals surface area contributed by atoms with Gasteiger partial charge in [-0.15, -0.1) is 0 Å². The number of aliphatic hydroxyl groups excluding tert-OH is 1. The Labute approximate surface area is 166 Å². The number of nitrogens with zero attached hydrogens (tertiary/aromatic N) is 2. The maximum atomic E-state index is 13.0. The van der Waals surface area contributed by atoms with E-state index in [-0.39, 0.29) is 17.9 Å². The summed E-state index contributed by atoms with van der Waals surface area (Å²) in [5.41, 5.74) is 1.49. The Kier molecular flexibility index (Phi) is 4.87. The van der Waals surface area contributed by atoms with E-state index in [4.69, 9.17) is 9.15 Å². The zero-order chi connectivity index (χ0) is 20.4. The highest BCUT2D eigenvalue weighted by Gasteiger charge is 2.44. The van der Waals surface area contributed by atoms with Gasteiger partial charge in [-0.1, -0.05) is 12.1 Å². The number of ketones is 1. The summed E-state index contributed by atoms with van der Waals surface area (Å²) < 4.78 is 10.4. The molecule has 0 saturated carbocycles. The lowest BCUT2D eigenvalue weighted by atomic mass is 9.95. The molecular formula is C22H18N2O5. The highest BCUT2D eigenvalue weighted by molar-refractivity contribution is 6.14. The summed E-state index contributed by atoms with van der Waals surface area (Å²) >= 11 is 0. The lowest BCUT2D eigenvalue weighted by molar-refractivity contribution is -0.130. The van der Waals surface area contributed by atoms with Gasteiger partial charge in [-0.3, -0.25) is 14.6 Å². The van der Waals surface area contributed by atoms with Crippen LogP contribution in [0.25, 0.3) is 0 Å². The fourth-order valence-electron chi connectivity index (χ4n) is 3.41. The topological polar surface area (TPSA) is 92.9 Å². The van der Waals surface area contributed by atoms with E-state index in [1.807, 2.05) is 12.1 Å². The first-order chi connectivity index (χ1) is 14.1. The molecule has 146 valence electrons. The Morgan fingerprint density at radius 1 is 1.17 bits per heavy atom. The number of Topliss-reactive ketones (excluding diaryl/α,β-unsaturated/α-hetero) is 1. The Morgan fingerprint density at radius 3 is 2.52 bits per heavy atom. The van der Waals surface area contributed by atoms with Crippen LogP contribution in [0.5, 0.6) is 5.75 Å². The van der Waals surface area contributed by atoms with E-state index in [9.17, 15) is 14.7 Å². The van der Waals surface area contributed by atoms with Crippen LogP contribution in [-0.4, -0.2) is 33.8 Å². The summed E-state index contributed by atoms with van der Waals surface area (Å²) in [6, 6.07) is 13.0. The molecule has 1 aliphatic heterocycles. The summed E-state index contributed by atoms with van der Waals surface area (Å²) in [6.45, 7) is 0.203. The lowest BCUT2D eigenvalue weighted by Crippen LogP contribution is -2.30. The average Bonchev–Trinajstić information content (AvgIpc) is 3.38. The Bertz CT molecular complexity index is 1060. The minimum atomic E-state index is -0.759. The van der Waals surface area contributed by atoms with Crippen LogP contribution in [0, 0.1) is 0 Å². The van der Waals surface area contributed by atoms with Gasteiger partial charge in [0.15, 0.2) is 11.5 Å². The third kappa shape index (κ3) is 3.38. The van der Waals surface area contributed by atoms with Crippen LogP contribution in [0.4, 0.5) is 0 Å². The smallest absolute Gasteiger partial charge is 0.290 e. The number of hydrogen-bond acceptors (Lipinski definition) is 6. The van der Waals surface area contributed by atoms with E-state index < -0.39 is 23.5 Å². The number of pyridine rings is 1. The van der Waals surface area contributed by atoms with Gasteiger partial charge in [0, 0.05) is 18.9 Å². The van der Waals surface area contributed by atoms with Crippen molar-refractivity contribution in [3.05, 3.63) is 95.4 Å². The van der Waals surface area contributed by atoms with Crippen molar-refractivity contribution in [1.82, 2.24) is 9.88 Å². The largest absolute Gasteiger partial charge is 0.503 e. The summed E-state index contributed by atoms with van der Waals surface area (Å²) in [5.74, 6) is -0.953. The molecule has 1 unspecified atom stereocenters. The maximum absolute atomic E-state index is 13.0. The molecule has 3 heterocycles. The van der Waals surface area contributed by atoms with Gasteiger partial charge >= 0.3 is 0 Å². The molecule has 1 atom stereocenters. The van der Waals surface area contributed by atoms with Gasteiger partial charge in [0.25, 0.3) is 5.91 Å². The lowest BCUT2D eigenvalue weighted by Gasteiger charge is -2.26. The average molecular weight is 390 g/mol. The van der Waals surface area contributed by atoms with Crippen LogP contribution in [0.1, 0.15) is 27.7 Å². The number of carbonyl (C=O) groups is 2. The van der Waals surface area contributed by atoms with Crippen LogP contribution in [0.15, 0.2) is 82.9 Å². The molecule has 1 N–H and O–H groups in total. The molecule has 0 bridgehead atoms. The second-order valence-corrected chi connectivity index (χ2v) is 6.53. The van der Waals surface area contributed by atoms with E-state index in [0.717, 1.165) is 5.56 Å². The van der Waals surface area contributed by atoms with E-state index >= 15 is 0 Å². The van der Waals surface area contributed by atoms with Crippen molar-refractivity contribution in [3.63, 3.8) is 0 Å². The Hall–Kier alpha value is -3.87. The van der Waals surface area contributed by atoms with Gasteiger partial charge in [0.1, 0.15) is 5.75 Å². The summed E-state index contributed by atoms with van der Waals surface area (Å²) in [7, 11) is 1.58. The van der Waals surface area contributed by atoms with Crippen molar-refractivity contribution in [1.29, 1.82) is 0 Å². The maximum Gasteiger partial charge on any atom is 0.290 e. The van der Waals surface area contributed by atoms with Gasteiger partial charge in [-0.2, -0.15) is 0 Å². The van der Waals surface area contributed by atoms with E-state index in [0.29, 0.717) is 11.3 Å². The molecule has 0 aliphatic carbocycles. The molecule has 7 nitrogen and oxygen atoms in total. The van der Waals surface area contributed by atoms with Crippen molar-refractivity contribution in [3.8, 4) is 5.75 Å². The predicted octanol–water partition coefficient (Wildman–Crippen LogP) is 3.46. The number of furan rings is 1. The van der Waals surface area contributed by atoms with Crippen molar-refractivity contribution in [2.24, 2.45) is 0 Å². The first-order valence-electron chi connectivity index (χ1n) is 8.95. The molecule has 3 aromatic rings. The Morgan fingerprint density at radius 2 is 1.90 bits per heavy atom. The molecule has 0 radical (unpaired) electrons. The first-order valence-corrected chi connectivity index (χ1v) is 8.95. The van der Waals surface area contributed by atoms with Crippen LogP contribution in [0.3, 0.4) is 0 Å². The van der Waals surface area contributed by atoms with Crippen LogP contribution in [0.2, 0.25) is 0 Å².